The minimum absolute atomic E-state index is 0.220. The van der Waals surface area contributed by atoms with Crippen molar-refractivity contribution in [1.82, 2.24) is 14.6 Å². The van der Waals surface area contributed by atoms with Crippen LogP contribution in [-0.4, -0.2) is 20.5 Å². The van der Waals surface area contributed by atoms with Gasteiger partial charge in [-0.25, -0.2) is 9.50 Å². The fourth-order valence-electron chi connectivity index (χ4n) is 3.51. The van der Waals surface area contributed by atoms with Crippen molar-refractivity contribution in [3.05, 3.63) is 71.7 Å². The van der Waals surface area contributed by atoms with Gasteiger partial charge in [0.1, 0.15) is 11.3 Å². The molecule has 3 aromatic heterocycles. The van der Waals surface area contributed by atoms with Crippen molar-refractivity contribution in [1.29, 1.82) is 0 Å². The molecular weight excluding hydrogens is 328 g/mol. The van der Waals surface area contributed by atoms with E-state index in [-0.39, 0.29) is 5.91 Å². The first-order chi connectivity index (χ1) is 12.8. The van der Waals surface area contributed by atoms with E-state index in [0.717, 1.165) is 24.2 Å². The van der Waals surface area contributed by atoms with E-state index in [9.17, 15) is 4.79 Å². The monoisotopic (exact) mass is 344 g/mol. The Labute approximate surface area is 149 Å². The minimum atomic E-state index is -0.220. The smallest absolute Gasteiger partial charge is 0.261 e. The number of aryl methyl sites for hydroxylation is 2. The highest BCUT2D eigenvalue weighted by atomic mass is 16.3. The van der Waals surface area contributed by atoms with E-state index >= 15 is 0 Å². The van der Waals surface area contributed by atoms with E-state index in [0.29, 0.717) is 17.0 Å². The highest BCUT2D eigenvalue weighted by Gasteiger charge is 2.18. The number of aromatic nitrogens is 3. The number of rotatable bonds is 3. The molecular formula is C20H16N4O2. The number of hydrogen-bond acceptors (Lipinski definition) is 4. The molecule has 4 aromatic rings. The number of anilines is 1. The van der Waals surface area contributed by atoms with Gasteiger partial charge in [-0.1, -0.05) is 6.07 Å². The molecule has 0 spiro atoms. The molecule has 128 valence electrons. The van der Waals surface area contributed by atoms with Gasteiger partial charge in [0.15, 0.2) is 11.4 Å². The van der Waals surface area contributed by atoms with Gasteiger partial charge in [-0.05, 0) is 60.7 Å². The fourth-order valence-corrected chi connectivity index (χ4v) is 3.51. The van der Waals surface area contributed by atoms with Gasteiger partial charge in [0, 0.05) is 11.9 Å². The summed E-state index contributed by atoms with van der Waals surface area (Å²) < 4.78 is 7.07. The third kappa shape index (κ3) is 2.38. The summed E-state index contributed by atoms with van der Waals surface area (Å²) in [5.41, 5.74) is 5.18. The predicted molar refractivity (Wildman–Crippen MR) is 97.1 cm³/mol. The molecule has 0 radical (unpaired) electrons. The lowest BCUT2D eigenvalue weighted by atomic mass is 10.1. The predicted octanol–water partition coefficient (Wildman–Crippen LogP) is 3.73. The maximum Gasteiger partial charge on any atom is 0.261 e. The van der Waals surface area contributed by atoms with E-state index in [1.807, 2.05) is 18.2 Å². The van der Waals surface area contributed by atoms with Gasteiger partial charge >= 0.3 is 0 Å². The minimum Gasteiger partial charge on any atom is -0.463 e. The largest absolute Gasteiger partial charge is 0.463 e. The molecule has 0 unspecified atom stereocenters. The molecule has 1 aromatic carbocycles. The van der Waals surface area contributed by atoms with Gasteiger partial charge in [-0.2, -0.15) is 5.10 Å². The molecule has 3 heterocycles. The first-order valence-corrected chi connectivity index (χ1v) is 8.59. The van der Waals surface area contributed by atoms with Gasteiger partial charge in [0.2, 0.25) is 0 Å². The summed E-state index contributed by atoms with van der Waals surface area (Å²) in [7, 11) is 0. The van der Waals surface area contributed by atoms with Crippen LogP contribution in [0.3, 0.4) is 0 Å². The second-order valence-corrected chi connectivity index (χ2v) is 6.39. The van der Waals surface area contributed by atoms with Crippen LogP contribution in [0.2, 0.25) is 0 Å². The lowest BCUT2D eigenvalue weighted by Crippen LogP contribution is -2.12. The molecule has 1 aliphatic rings. The molecule has 5 rings (SSSR count). The zero-order chi connectivity index (χ0) is 17.5. The maximum absolute atomic E-state index is 12.8. The molecule has 0 fully saturated rings. The molecule has 6 heteroatoms. The average molecular weight is 344 g/mol. The maximum atomic E-state index is 12.8. The number of hydrogen-bond donors (Lipinski definition) is 1. The summed E-state index contributed by atoms with van der Waals surface area (Å²) in [6.07, 6.45) is 8.17. The summed E-state index contributed by atoms with van der Waals surface area (Å²) in [4.78, 5) is 17.1. The van der Waals surface area contributed by atoms with E-state index < -0.39 is 0 Å². The second-order valence-electron chi connectivity index (χ2n) is 6.39. The third-order valence-corrected chi connectivity index (χ3v) is 4.78. The molecule has 0 aliphatic heterocycles. The number of furan rings is 1. The second kappa shape index (κ2) is 5.84. The Morgan fingerprint density at radius 3 is 2.96 bits per heavy atom. The van der Waals surface area contributed by atoms with Crippen molar-refractivity contribution in [3.63, 3.8) is 0 Å². The quantitative estimate of drug-likeness (QED) is 0.615. The van der Waals surface area contributed by atoms with Gasteiger partial charge in [-0.3, -0.25) is 4.79 Å². The van der Waals surface area contributed by atoms with Gasteiger partial charge in [-0.15, -0.1) is 0 Å². The lowest BCUT2D eigenvalue weighted by molar-refractivity contribution is 0.102. The van der Waals surface area contributed by atoms with Gasteiger partial charge < -0.3 is 9.73 Å². The Kier molecular flexibility index (Phi) is 3.35. The molecule has 0 saturated carbocycles. The molecule has 1 aliphatic carbocycles. The standard InChI is InChI=1S/C20H16N4O2/c25-20(23-15-7-6-13-3-1-4-14(13)11-15)16-12-22-24-17(8-9-21-19(16)24)18-5-2-10-26-18/h2,5-12H,1,3-4H2,(H,23,25). The van der Waals surface area contributed by atoms with Crippen molar-refractivity contribution in [2.75, 3.05) is 5.32 Å². The summed E-state index contributed by atoms with van der Waals surface area (Å²) >= 11 is 0. The van der Waals surface area contributed by atoms with Gasteiger partial charge in [0.05, 0.1) is 12.5 Å². The van der Waals surface area contributed by atoms with E-state index in [2.05, 4.69) is 27.5 Å². The third-order valence-electron chi connectivity index (χ3n) is 4.78. The highest BCUT2D eigenvalue weighted by Crippen LogP contribution is 2.26. The van der Waals surface area contributed by atoms with Crippen LogP contribution in [0, 0.1) is 0 Å². The Morgan fingerprint density at radius 2 is 2.08 bits per heavy atom. The van der Waals surface area contributed by atoms with Crippen LogP contribution in [0.4, 0.5) is 5.69 Å². The van der Waals surface area contributed by atoms with Crippen LogP contribution < -0.4 is 5.32 Å². The van der Waals surface area contributed by atoms with Crippen molar-refractivity contribution in [2.45, 2.75) is 19.3 Å². The van der Waals surface area contributed by atoms with Crippen LogP contribution in [0.5, 0.6) is 0 Å². The van der Waals surface area contributed by atoms with Crippen molar-refractivity contribution in [3.8, 4) is 11.5 Å². The van der Waals surface area contributed by atoms with Crippen LogP contribution in [0.15, 0.2) is 59.5 Å². The number of fused-ring (bicyclic) bond motifs is 2. The number of amides is 1. The highest BCUT2D eigenvalue weighted by molar-refractivity contribution is 6.08. The molecule has 0 atom stereocenters. The Balaban J connectivity index is 1.49. The van der Waals surface area contributed by atoms with Crippen LogP contribution in [0.25, 0.3) is 17.1 Å². The van der Waals surface area contributed by atoms with Crippen LogP contribution >= 0.6 is 0 Å². The number of nitrogens with one attached hydrogen (secondary N) is 1. The van der Waals surface area contributed by atoms with Gasteiger partial charge in [0.25, 0.3) is 5.91 Å². The summed E-state index contributed by atoms with van der Waals surface area (Å²) in [6.45, 7) is 0. The topological polar surface area (TPSA) is 72.4 Å². The summed E-state index contributed by atoms with van der Waals surface area (Å²) in [5, 5.41) is 7.29. The first-order valence-electron chi connectivity index (χ1n) is 8.59. The first kappa shape index (κ1) is 14.9. The van der Waals surface area contributed by atoms with Crippen molar-refractivity contribution < 1.29 is 9.21 Å². The number of nitrogens with zero attached hydrogens (tertiary/aromatic N) is 3. The van der Waals surface area contributed by atoms with E-state index in [1.54, 1.807) is 23.0 Å². The number of carbonyl (C=O) groups excluding carboxylic acids is 1. The molecule has 0 bridgehead atoms. The summed E-state index contributed by atoms with van der Waals surface area (Å²) in [5.74, 6) is 0.452. The van der Waals surface area contributed by atoms with Crippen molar-refractivity contribution in [2.24, 2.45) is 0 Å². The summed E-state index contributed by atoms with van der Waals surface area (Å²) in [6, 6.07) is 11.6. The molecule has 1 N–H and O–H groups in total. The molecule has 1 amide bonds. The van der Waals surface area contributed by atoms with Crippen molar-refractivity contribution >= 4 is 17.2 Å². The zero-order valence-corrected chi connectivity index (χ0v) is 14.0. The Morgan fingerprint density at radius 1 is 1.15 bits per heavy atom. The SMILES string of the molecule is O=C(Nc1ccc2c(c1)CCC2)c1cnn2c(-c3ccco3)ccnc12. The van der Waals surface area contributed by atoms with E-state index in [4.69, 9.17) is 4.42 Å². The average Bonchev–Trinajstić information content (AvgIpc) is 3.40. The normalized spacial score (nSPS) is 13.1. The van der Waals surface area contributed by atoms with Crippen LogP contribution in [-0.2, 0) is 12.8 Å². The number of carbonyl (C=O) groups is 1. The fraction of sp³-hybridized carbons (Fsp3) is 0.150. The molecule has 0 saturated heterocycles. The van der Waals surface area contributed by atoms with E-state index in [1.165, 1.54) is 23.7 Å². The lowest BCUT2D eigenvalue weighted by Gasteiger charge is -2.07. The number of benzene rings is 1. The molecule has 6 nitrogen and oxygen atoms in total. The Bertz CT molecular complexity index is 1110. The van der Waals surface area contributed by atoms with Crippen LogP contribution in [0.1, 0.15) is 27.9 Å². The zero-order valence-electron chi connectivity index (χ0n) is 14.0. The molecule has 26 heavy (non-hydrogen) atoms. The Hall–Kier alpha value is -3.41.